The largest absolute Gasteiger partial charge is 0.354 e. The first-order chi connectivity index (χ1) is 9.90. The van der Waals surface area contributed by atoms with E-state index in [0.717, 1.165) is 24.6 Å². The third kappa shape index (κ3) is 2.06. The van der Waals surface area contributed by atoms with Crippen molar-refractivity contribution in [2.75, 3.05) is 18.0 Å². The lowest BCUT2D eigenvalue weighted by molar-refractivity contribution is 0.503. The molecule has 0 saturated carbocycles. The minimum atomic E-state index is 0.532. The van der Waals surface area contributed by atoms with Crippen LogP contribution in [0.2, 0.25) is 0 Å². The molecule has 3 aromatic heterocycles. The van der Waals surface area contributed by atoms with Gasteiger partial charge in [0.05, 0.1) is 5.01 Å². The number of thiazole rings is 1. The molecule has 6 heteroatoms. The van der Waals surface area contributed by atoms with Crippen LogP contribution >= 0.6 is 11.3 Å². The zero-order chi connectivity index (χ0) is 13.4. The Kier molecular flexibility index (Phi) is 2.88. The molecule has 0 bridgehead atoms. The number of anilines is 1. The Morgan fingerprint density at radius 2 is 2.20 bits per heavy atom. The van der Waals surface area contributed by atoms with Gasteiger partial charge in [0.1, 0.15) is 5.82 Å². The number of imidazole rings is 1. The van der Waals surface area contributed by atoms with Crippen molar-refractivity contribution in [2.24, 2.45) is 0 Å². The summed E-state index contributed by atoms with van der Waals surface area (Å²) in [5, 5.41) is 7.95. The van der Waals surface area contributed by atoms with Gasteiger partial charge < -0.3 is 4.90 Å². The molecule has 4 rings (SSSR count). The summed E-state index contributed by atoms with van der Waals surface area (Å²) in [6, 6.07) is 4.09. The number of rotatable bonds is 2. The van der Waals surface area contributed by atoms with Gasteiger partial charge in [-0.05, 0) is 25.0 Å². The predicted octanol–water partition coefficient (Wildman–Crippen LogP) is 2.57. The summed E-state index contributed by atoms with van der Waals surface area (Å²) in [5.41, 5.74) is 0.891. The molecule has 0 aliphatic carbocycles. The van der Waals surface area contributed by atoms with Crippen molar-refractivity contribution in [3.63, 3.8) is 0 Å². The van der Waals surface area contributed by atoms with Crippen LogP contribution in [0, 0.1) is 0 Å². The summed E-state index contributed by atoms with van der Waals surface area (Å²) >= 11 is 1.76. The van der Waals surface area contributed by atoms with Crippen LogP contribution in [0.4, 0.5) is 5.82 Å². The highest BCUT2D eigenvalue weighted by Gasteiger charge is 2.24. The van der Waals surface area contributed by atoms with E-state index in [4.69, 9.17) is 0 Å². The molecule has 1 aliphatic heterocycles. The zero-order valence-electron chi connectivity index (χ0n) is 11.0. The molecule has 3 aromatic rings. The number of hydrogen-bond acceptors (Lipinski definition) is 5. The maximum Gasteiger partial charge on any atom is 0.153 e. The van der Waals surface area contributed by atoms with Crippen molar-refractivity contribution in [1.29, 1.82) is 0 Å². The van der Waals surface area contributed by atoms with Crippen LogP contribution in [-0.4, -0.2) is 32.7 Å². The molecular formula is C14H15N5S. The second-order valence-electron chi connectivity index (χ2n) is 5.08. The lowest BCUT2D eigenvalue weighted by Gasteiger charge is -2.32. The van der Waals surface area contributed by atoms with E-state index in [-0.39, 0.29) is 0 Å². The summed E-state index contributed by atoms with van der Waals surface area (Å²) in [6.07, 6.45) is 7.97. The van der Waals surface area contributed by atoms with E-state index in [9.17, 15) is 0 Å². The molecule has 1 unspecified atom stereocenters. The van der Waals surface area contributed by atoms with Crippen LogP contribution < -0.4 is 4.90 Å². The van der Waals surface area contributed by atoms with Gasteiger partial charge in [-0.15, -0.1) is 16.4 Å². The number of fused-ring (bicyclic) bond motifs is 1. The highest BCUT2D eigenvalue weighted by atomic mass is 32.1. The monoisotopic (exact) mass is 285 g/mol. The molecule has 4 heterocycles. The van der Waals surface area contributed by atoms with E-state index in [1.165, 1.54) is 17.8 Å². The molecule has 5 nitrogen and oxygen atoms in total. The molecule has 20 heavy (non-hydrogen) atoms. The number of aromatic nitrogens is 4. The quantitative estimate of drug-likeness (QED) is 0.726. The maximum absolute atomic E-state index is 4.64. The lowest BCUT2D eigenvalue weighted by atomic mass is 9.99. The second kappa shape index (κ2) is 4.86. The first kappa shape index (κ1) is 11.8. The predicted molar refractivity (Wildman–Crippen MR) is 79.3 cm³/mol. The van der Waals surface area contributed by atoms with E-state index in [1.54, 1.807) is 17.5 Å². The van der Waals surface area contributed by atoms with E-state index in [2.05, 4.69) is 31.4 Å². The van der Waals surface area contributed by atoms with E-state index in [1.807, 2.05) is 23.0 Å². The van der Waals surface area contributed by atoms with Gasteiger partial charge in [-0.3, -0.25) is 0 Å². The van der Waals surface area contributed by atoms with Crippen molar-refractivity contribution < 1.29 is 0 Å². The van der Waals surface area contributed by atoms with Gasteiger partial charge in [0, 0.05) is 43.0 Å². The van der Waals surface area contributed by atoms with Crippen LogP contribution in [-0.2, 0) is 0 Å². The van der Waals surface area contributed by atoms with Gasteiger partial charge in [0.15, 0.2) is 5.65 Å². The lowest BCUT2D eigenvalue weighted by Crippen LogP contribution is -2.35. The summed E-state index contributed by atoms with van der Waals surface area (Å²) in [5.74, 6) is 1.56. The van der Waals surface area contributed by atoms with Crippen LogP contribution in [0.15, 0.2) is 36.1 Å². The molecule has 102 valence electrons. The molecule has 0 radical (unpaired) electrons. The van der Waals surface area contributed by atoms with Gasteiger partial charge >= 0.3 is 0 Å². The van der Waals surface area contributed by atoms with Crippen molar-refractivity contribution in [3.05, 3.63) is 41.1 Å². The average molecular weight is 285 g/mol. The summed E-state index contributed by atoms with van der Waals surface area (Å²) in [4.78, 5) is 11.1. The third-order valence-electron chi connectivity index (χ3n) is 3.79. The van der Waals surface area contributed by atoms with E-state index < -0.39 is 0 Å². The molecular weight excluding hydrogens is 270 g/mol. The topological polar surface area (TPSA) is 46.3 Å². The molecule has 0 amide bonds. The number of piperidine rings is 1. The normalized spacial score (nSPS) is 19.6. The summed E-state index contributed by atoms with van der Waals surface area (Å²) in [6.45, 7) is 2.07. The fourth-order valence-corrected chi connectivity index (χ4v) is 3.56. The van der Waals surface area contributed by atoms with Crippen LogP contribution in [0.5, 0.6) is 0 Å². The SMILES string of the molecule is c1csc(C2CCCN(c3ccc4nccn4n3)C2)n1. The van der Waals surface area contributed by atoms with Crippen molar-refractivity contribution >= 4 is 22.8 Å². The van der Waals surface area contributed by atoms with Crippen molar-refractivity contribution in [1.82, 2.24) is 19.6 Å². The second-order valence-corrected chi connectivity index (χ2v) is 6.00. The van der Waals surface area contributed by atoms with Gasteiger partial charge in [-0.2, -0.15) is 0 Å². The Hall–Kier alpha value is -1.95. The fraction of sp³-hybridized carbons (Fsp3) is 0.357. The Bertz CT molecular complexity index is 705. The molecule has 1 aliphatic rings. The van der Waals surface area contributed by atoms with Crippen LogP contribution in [0.1, 0.15) is 23.8 Å². The molecule has 0 spiro atoms. The molecule has 1 atom stereocenters. The van der Waals surface area contributed by atoms with E-state index >= 15 is 0 Å². The van der Waals surface area contributed by atoms with Crippen molar-refractivity contribution in [2.45, 2.75) is 18.8 Å². The first-order valence-electron chi connectivity index (χ1n) is 6.85. The molecule has 0 aromatic carbocycles. The highest BCUT2D eigenvalue weighted by molar-refractivity contribution is 7.09. The van der Waals surface area contributed by atoms with Crippen LogP contribution in [0.25, 0.3) is 5.65 Å². The maximum atomic E-state index is 4.64. The van der Waals surface area contributed by atoms with Gasteiger partial charge in [0.25, 0.3) is 0 Å². The minimum Gasteiger partial charge on any atom is -0.354 e. The highest BCUT2D eigenvalue weighted by Crippen LogP contribution is 2.30. The third-order valence-corrected chi connectivity index (χ3v) is 4.73. The van der Waals surface area contributed by atoms with Crippen molar-refractivity contribution in [3.8, 4) is 0 Å². The Balaban J connectivity index is 1.61. The Labute approximate surface area is 120 Å². The Morgan fingerprint density at radius 3 is 3.10 bits per heavy atom. The number of nitrogens with zero attached hydrogens (tertiary/aromatic N) is 5. The number of hydrogen-bond donors (Lipinski definition) is 0. The smallest absolute Gasteiger partial charge is 0.153 e. The van der Waals surface area contributed by atoms with Gasteiger partial charge in [-0.25, -0.2) is 14.5 Å². The molecule has 0 N–H and O–H groups in total. The summed E-state index contributed by atoms with van der Waals surface area (Å²) in [7, 11) is 0. The van der Waals surface area contributed by atoms with Crippen LogP contribution in [0.3, 0.4) is 0 Å². The minimum absolute atomic E-state index is 0.532. The first-order valence-corrected chi connectivity index (χ1v) is 7.73. The molecule has 1 fully saturated rings. The Morgan fingerprint density at radius 1 is 1.20 bits per heavy atom. The fourth-order valence-electron chi connectivity index (χ4n) is 2.80. The van der Waals surface area contributed by atoms with Gasteiger partial charge in [-0.1, -0.05) is 0 Å². The molecule has 1 saturated heterocycles. The zero-order valence-corrected chi connectivity index (χ0v) is 11.8. The average Bonchev–Trinajstić information content (AvgIpc) is 3.18. The standard InChI is InChI=1S/C14H15N5S/c1-2-11(14-16-6-9-20-14)10-18(7-1)13-4-3-12-15-5-8-19(12)17-13/h3-6,8-9,11H,1-2,7,10H2. The summed E-state index contributed by atoms with van der Waals surface area (Å²) < 4.78 is 1.84. The van der Waals surface area contributed by atoms with Gasteiger partial charge in [0.2, 0.25) is 0 Å². The van der Waals surface area contributed by atoms with E-state index in [0.29, 0.717) is 5.92 Å².